The van der Waals surface area contributed by atoms with Gasteiger partial charge in [0.25, 0.3) is 0 Å². The Balaban J connectivity index is 2.22. The van der Waals surface area contributed by atoms with Gasteiger partial charge < -0.3 is 10.6 Å². The Bertz CT molecular complexity index is 294. The number of hydrogen-bond donors (Lipinski definition) is 1. The van der Waals surface area contributed by atoms with Crippen molar-refractivity contribution < 1.29 is 0 Å². The molecule has 0 spiro atoms. The summed E-state index contributed by atoms with van der Waals surface area (Å²) in [6.45, 7) is 11.7. The Labute approximate surface area is 119 Å². The molecule has 3 nitrogen and oxygen atoms in total. The van der Waals surface area contributed by atoms with Crippen LogP contribution in [0.1, 0.15) is 46.5 Å². The van der Waals surface area contributed by atoms with Gasteiger partial charge in [0.2, 0.25) is 0 Å². The second kappa shape index (κ2) is 6.11. The van der Waals surface area contributed by atoms with Crippen LogP contribution in [-0.4, -0.2) is 54.6 Å². The molecule has 1 aliphatic heterocycles. The summed E-state index contributed by atoms with van der Waals surface area (Å²) in [5.74, 6) is 1.56. The summed E-state index contributed by atoms with van der Waals surface area (Å²) in [6.07, 6.45) is 5.30. The maximum absolute atomic E-state index is 6.31. The van der Waals surface area contributed by atoms with Crippen LogP contribution in [0.3, 0.4) is 0 Å². The van der Waals surface area contributed by atoms with E-state index in [1.807, 2.05) is 0 Å². The third kappa shape index (κ3) is 2.98. The average Bonchev–Trinajstić information content (AvgIpc) is 2.53. The van der Waals surface area contributed by atoms with Gasteiger partial charge in [-0.1, -0.05) is 20.3 Å². The van der Waals surface area contributed by atoms with Gasteiger partial charge in [-0.2, -0.15) is 0 Å². The minimum Gasteiger partial charge on any atom is -0.329 e. The highest BCUT2D eigenvalue weighted by Crippen LogP contribution is 2.41. The van der Waals surface area contributed by atoms with Crippen LogP contribution in [0.5, 0.6) is 0 Å². The monoisotopic (exact) mass is 267 g/mol. The van der Waals surface area contributed by atoms with Crippen molar-refractivity contribution >= 4 is 0 Å². The van der Waals surface area contributed by atoms with Gasteiger partial charge in [0.05, 0.1) is 0 Å². The largest absolute Gasteiger partial charge is 0.329 e. The fraction of sp³-hybridized carbons (Fsp3) is 1.00. The van der Waals surface area contributed by atoms with Crippen molar-refractivity contribution in [2.24, 2.45) is 17.6 Å². The molecule has 0 aromatic rings. The molecule has 1 saturated heterocycles. The molecule has 2 N–H and O–H groups in total. The minimum absolute atomic E-state index is 0.252. The standard InChI is InChI=1S/C16H33N3/c1-13-6-7-14(2)16(10-13,12-17)19-9-5-8-18(4)11-15(19)3/h13-15H,5-12,17H2,1-4H3. The van der Waals surface area contributed by atoms with Gasteiger partial charge in [-0.3, -0.25) is 4.90 Å². The van der Waals surface area contributed by atoms with E-state index < -0.39 is 0 Å². The molecule has 0 bridgehead atoms. The summed E-state index contributed by atoms with van der Waals surface area (Å²) in [5.41, 5.74) is 6.57. The first-order valence-electron chi connectivity index (χ1n) is 8.15. The molecule has 0 radical (unpaired) electrons. The Hall–Kier alpha value is -0.120. The van der Waals surface area contributed by atoms with Crippen LogP contribution in [0.25, 0.3) is 0 Å². The molecule has 1 heterocycles. The summed E-state index contributed by atoms with van der Waals surface area (Å²) in [6, 6.07) is 0.629. The van der Waals surface area contributed by atoms with Crippen LogP contribution < -0.4 is 5.73 Å². The predicted molar refractivity (Wildman–Crippen MR) is 82.2 cm³/mol. The van der Waals surface area contributed by atoms with Crippen LogP contribution in [0.15, 0.2) is 0 Å². The highest BCUT2D eigenvalue weighted by atomic mass is 15.3. The minimum atomic E-state index is 0.252. The second-order valence-corrected chi connectivity index (χ2v) is 7.25. The molecule has 0 aromatic heterocycles. The van der Waals surface area contributed by atoms with Crippen molar-refractivity contribution in [3.8, 4) is 0 Å². The van der Waals surface area contributed by atoms with E-state index in [-0.39, 0.29) is 5.54 Å². The number of likely N-dealkylation sites (N-methyl/N-ethyl adjacent to an activating group) is 1. The SMILES string of the molecule is CC1CCC(C)C(CN)(N2CCCN(C)CC2C)C1. The maximum atomic E-state index is 6.31. The third-order valence-corrected chi connectivity index (χ3v) is 5.68. The number of nitrogens with two attached hydrogens (primary N) is 1. The number of hydrogen-bond acceptors (Lipinski definition) is 3. The Morgan fingerprint density at radius 2 is 1.89 bits per heavy atom. The summed E-state index contributed by atoms with van der Waals surface area (Å²) in [4.78, 5) is 5.25. The van der Waals surface area contributed by atoms with E-state index in [0.717, 1.165) is 18.4 Å². The van der Waals surface area contributed by atoms with E-state index in [4.69, 9.17) is 5.73 Å². The molecule has 1 aliphatic carbocycles. The third-order valence-electron chi connectivity index (χ3n) is 5.68. The molecule has 112 valence electrons. The molecule has 4 unspecified atom stereocenters. The molecule has 4 atom stereocenters. The molecular formula is C16H33N3. The summed E-state index contributed by atoms with van der Waals surface area (Å²) in [7, 11) is 2.25. The summed E-state index contributed by atoms with van der Waals surface area (Å²) in [5, 5.41) is 0. The first kappa shape index (κ1) is 15.3. The zero-order valence-corrected chi connectivity index (χ0v) is 13.4. The summed E-state index contributed by atoms with van der Waals surface area (Å²) >= 11 is 0. The average molecular weight is 267 g/mol. The number of rotatable bonds is 2. The molecule has 2 rings (SSSR count). The van der Waals surface area contributed by atoms with E-state index in [1.165, 1.54) is 45.3 Å². The van der Waals surface area contributed by atoms with Gasteiger partial charge >= 0.3 is 0 Å². The van der Waals surface area contributed by atoms with E-state index in [2.05, 4.69) is 37.6 Å². The van der Waals surface area contributed by atoms with Crippen LogP contribution in [0, 0.1) is 11.8 Å². The van der Waals surface area contributed by atoms with Crippen molar-refractivity contribution in [3.63, 3.8) is 0 Å². The van der Waals surface area contributed by atoms with Crippen molar-refractivity contribution in [2.75, 3.05) is 33.2 Å². The lowest BCUT2D eigenvalue weighted by Gasteiger charge is -2.53. The van der Waals surface area contributed by atoms with Crippen LogP contribution >= 0.6 is 0 Å². The maximum Gasteiger partial charge on any atom is 0.0363 e. The number of nitrogens with zero attached hydrogens (tertiary/aromatic N) is 2. The second-order valence-electron chi connectivity index (χ2n) is 7.25. The van der Waals surface area contributed by atoms with Crippen LogP contribution in [0.4, 0.5) is 0 Å². The van der Waals surface area contributed by atoms with Gasteiger partial charge in [-0.15, -0.1) is 0 Å². The quantitative estimate of drug-likeness (QED) is 0.832. The lowest BCUT2D eigenvalue weighted by Crippen LogP contribution is -2.63. The molecule has 19 heavy (non-hydrogen) atoms. The Morgan fingerprint density at radius 3 is 2.58 bits per heavy atom. The van der Waals surface area contributed by atoms with Crippen molar-refractivity contribution in [2.45, 2.75) is 58.0 Å². The molecule has 1 saturated carbocycles. The molecule has 2 aliphatic rings. The molecule has 0 amide bonds. The molecule has 0 aromatic carbocycles. The van der Waals surface area contributed by atoms with E-state index in [9.17, 15) is 0 Å². The van der Waals surface area contributed by atoms with E-state index in [0.29, 0.717) is 6.04 Å². The zero-order valence-electron chi connectivity index (χ0n) is 13.4. The Morgan fingerprint density at radius 1 is 1.16 bits per heavy atom. The fourth-order valence-electron chi connectivity index (χ4n) is 4.55. The van der Waals surface area contributed by atoms with Crippen molar-refractivity contribution in [3.05, 3.63) is 0 Å². The molecule has 3 heteroatoms. The molecule has 2 fully saturated rings. The Kier molecular flexibility index (Phi) is 4.91. The predicted octanol–water partition coefficient (Wildman–Crippen LogP) is 2.17. The smallest absolute Gasteiger partial charge is 0.0363 e. The van der Waals surface area contributed by atoms with Gasteiger partial charge in [0, 0.05) is 31.2 Å². The van der Waals surface area contributed by atoms with Gasteiger partial charge in [-0.05, 0) is 51.6 Å². The molecular weight excluding hydrogens is 234 g/mol. The normalized spacial score (nSPS) is 43.1. The van der Waals surface area contributed by atoms with E-state index >= 15 is 0 Å². The van der Waals surface area contributed by atoms with E-state index in [1.54, 1.807) is 0 Å². The van der Waals surface area contributed by atoms with Crippen LogP contribution in [0.2, 0.25) is 0 Å². The first-order valence-corrected chi connectivity index (χ1v) is 8.15. The van der Waals surface area contributed by atoms with Gasteiger partial charge in [-0.25, -0.2) is 0 Å². The lowest BCUT2D eigenvalue weighted by atomic mass is 9.68. The zero-order chi connectivity index (χ0) is 14.0. The summed E-state index contributed by atoms with van der Waals surface area (Å²) < 4.78 is 0. The van der Waals surface area contributed by atoms with Crippen molar-refractivity contribution in [1.29, 1.82) is 0 Å². The van der Waals surface area contributed by atoms with Crippen LogP contribution in [-0.2, 0) is 0 Å². The first-order chi connectivity index (χ1) is 8.99. The highest BCUT2D eigenvalue weighted by molar-refractivity contribution is 5.02. The lowest BCUT2D eigenvalue weighted by molar-refractivity contribution is -0.0259. The van der Waals surface area contributed by atoms with Crippen molar-refractivity contribution in [1.82, 2.24) is 9.80 Å². The topological polar surface area (TPSA) is 32.5 Å². The van der Waals surface area contributed by atoms with Gasteiger partial charge in [0.15, 0.2) is 0 Å². The fourth-order valence-corrected chi connectivity index (χ4v) is 4.55. The highest BCUT2D eigenvalue weighted by Gasteiger charge is 2.46. The van der Waals surface area contributed by atoms with Gasteiger partial charge in [0.1, 0.15) is 0 Å².